The van der Waals surface area contributed by atoms with Crippen LogP contribution in [-0.4, -0.2) is 22.4 Å². The number of nitrogens with one attached hydrogen (secondary N) is 2. The molecule has 0 aliphatic carbocycles. The van der Waals surface area contributed by atoms with E-state index in [1.807, 2.05) is 0 Å². The SMILES string of the molecule is CCCNc1ccc(Cl)c(C(=O)Nc2cccnc2)n1. The van der Waals surface area contributed by atoms with Crippen LogP contribution in [0.4, 0.5) is 11.5 Å². The van der Waals surface area contributed by atoms with Gasteiger partial charge in [-0.1, -0.05) is 18.5 Å². The minimum atomic E-state index is -0.358. The van der Waals surface area contributed by atoms with E-state index >= 15 is 0 Å². The van der Waals surface area contributed by atoms with Crippen molar-refractivity contribution in [2.24, 2.45) is 0 Å². The van der Waals surface area contributed by atoms with Crippen molar-refractivity contribution in [3.63, 3.8) is 0 Å². The van der Waals surface area contributed by atoms with Crippen LogP contribution in [0.1, 0.15) is 23.8 Å². The highest BCUT2D eigenvalue weighted by atomic mass is 35.5. The summed E-state index contributed by atoms with van der Waals surface area (Å²) in [5.74, 6) is 0.274. The fourth-order valence-corrected chi connectivity index (χ4v) is 1.77. The Morgan fingerprint density at radius 2 is 2.20 bits per heavy atom. The molecular weight excluding hydrogens is 276 g/mol. The molecule has 104 valence electrons. The van der Waals surface area contributed by atoms with Gasteiger partial charge in [-0.05, 0) is 30.7 Å². The second kappa shape index (κ2) is 6.86. The highest BCUT2D eigenvalue weighted by Crippen LogP contribution is 2.18. The van der Waals surface area contributed by atoms with E-state index in [1.54, 1.807) is 36.7 Å². The van der Waals surface area contributed by atoms with Crippen molar-refractivity contribution in [2.45, 2.75) is 13.3 Å². The highest BCUT2D eigenvalue weighted by molar-refractivity contribution is 6.34. The zero-order valence-electron chi connectivity index (χ0n) is 11.1. The molecule has 2 aromatic heterocycles. The summed E-state index contributed by atoms with van der Waals surface area (Å²) < 4.78 is 0. The third-order valence-electron chi connectivity index (χ3n) is 2.54. The van der Waals surface area contributed by atoms with Gasteiger partial charge >= 0.3 is 0 Å². The Labute approximate surface area is 122 Å². The van der Waals surface area contributed by atoms with E-state index in [4.69, 9.17) is 11.6 Å². The zero-order valence-corrected chi connectivity index (χ0v) is 11.8. The van der Waals surface area contributed by atoms with Gasteiger partial charge < -0.3 is 10.6 Å². The number of pyridine rings is 2. The molecule has 0 saturated heterocycles. The minimum absolute atomic E-state index is 0.191. The van der Waals surface area contributed by atoms with Crippen LogP contribution in [-0.2, 0) is 0 Å². The number of rotatable bonds is 5. The molecule has 0 radical (unpaired) electrons. The highest BCUT2D eigenvalue weighted by Gasteiger charge is 2.13. The van der Waals surface area contributed by atoms with E-state index in [-0.39, 0.29) is 11.6 Å². The first kappa shape index (κ1) is 14.3. The van der Waals surface area contributed by atoms with E-state index in [0.717, 1.165) is 13.0 Å². The summed E-state index contributed by atoms with van der Waals surface area (Å²) in [4.78, 5) is 20.3. The van der Waals surface area contributed by atoms with Gasteiger partial charge in [0.25, 0.3) is 5.91 Å². The molecular formula is C14H15ClN4O. The second-order valence-corrected chi connectivity index (χ2v) is 4.56. The molecule has 5 nitrogen and oxygen atoms in total. The van der Waals surface area contributed by atoms with Gasteiger partial charge in [0.15, 0.2) is 0 Å². The normalized spacial score (nSPS) is 10.1. The van der Waals surface area contributed by atoms with Crippen LogP contribution in [0.2, 0.25) is 5.02 Å². The Morgan fingerprint density at radius 3 is 2.90 bits per heavy atom. The van der Waals surface area contributed by atoms with Crippen molar-refractivity contribution in [3.8, 4) is 0 Å². The van der Waals surface area contributed by atoms with Crippen LogP contribution in [0.5, 0.6) is 0 Å². The molecule has 0 atom stereocenters. The zero-order chi connectivity index (χ0) is 14.4. The first-order chi connectivity index (χ1) is 9.70. The van der Waals surface area contributed by atoms with Crippen LogP contribution < -0.4 is 10.6 Å². The standard InChI is InChI=1S/C14H15ClN4O/c1-2-7-17-12-6-5-11(15)13(19-12)14(20)18-10-4-3-8-16-9-10/h3-6,8-9H,2,7H2,1H3,(H,17,19)(H,18,20). The van der Waals surface area contributed by atoms with E-state index in [2.05, 4.69) is 27.5 Å². The molecule has 2 aromatic rings. The van der Waals surface area contributed by atoms with E-state index in [0.29, 0.717) is 16.5 Å². The van der Waals surface area contributed by atoms with Gasteiger partial charge in [0.1, 0.15) is 11.5 Å². The van der Waals surface area contributed by atoms with Gasteiger partial charge in [-0.15, -0.1) is 0 Å². The summed E-state index contributed by atoms with van der Waals surface area (Å²) in [5.41, 5.74) is 0.791. The number of aromatic nitrogens is 2. The number of carbonyl (C=O) groups excluding carboxylic acids is 1. The minimum Gasteiger partial charge on any atom is -0.370 e. The fraction of sp³-hybridized carbons (Fsp3) is 0.214. The van der Waals surface area contributed by atoms with Gasteiger partial charge in [0, 0.05) is 12.7 Å². The van der Waals surface area contributed by atoms with Gasteiger partial charge in [-0.25, -0.2) is 4.98 Å². The van der Waals surface area contributed by atoms with Crippen LogP contribution >= 0.6 is 11.6 Å². The molecule has 1 amide bonds. The second-order valence-electron chi connectivity index (χ2n) is 4.15. The third-order valence-corrected chi connectivity index (χ3v) is 2.84. The number of nitrogens with zero attached hydrogens (tertiary/aromatic N) is 2. The fourth-order valence-electron chi connectivity index (χ4n) is 1.58. The molecule has 0 aliphatic rings. The van der Waals surface area contributed by atoms with Crippen molar-refractivity contribution in [3.05, 3.63) is 47.4 Å². The summed E-state index contributed by atoms with van der Waals surface area (Å²) in [6.07, 6.45) is 4.17. The maximum absolute atomic E-state index is 12.1. The number of hydrogen-bond acceptors (Lipinski definition) is 4. The van der Waals surface area contributed by atoms with Crippen molar-refractivity contribution in [1.82, 2.24) is 9.97 Å². The lowest BCUT2D eigenvalue weighted by Crippen LogP contribution is -2.15. The van der Waals surface area contributed by atoms with E-state index in [1.165, 1.54) is 0 Å². The van der Waals surface area contributed by atoms with Crippen LogP contribution in [0.15, 0.2) is 36.7 Å². The predicted octanol–water partition coefficient (Wildman–Crippen LogP) is 3.20. The Bertz CT molecular complexity index is 589. The molecule has 6 heteroatoms. The molecule has 2 rings (SSSR count). The predicted molar refractivity (Wildman–Crippen MR) is 80.2 cm³/mol. The van der Waals surface area contributed by atoms with Crippen LogP contribution in [0.25, 0.3) is 0 Å². The molecule has 2 heterocycles. The summed E-state index contributed by atoms with van der Waals surface area (Å²) in [6, 6.07) is 6.89. The quantitative estimate of drug-likeness (QED) is 0.887. The summed E-state index contributed by atoms with van der Waals surface area (Å²) in [5, 5.41) is 6.14. The lowest BCUT2D eigenvalue weighted by molar-refractivity contribution is 0.102. The maximum Gasteiger partial charge on any atom is 0.275 e. The molecule has 0 saturated carbocycles. The number of carbonyl (C=O) groups is 1. The lowest BCUT2D eigenvalue weighted by atomic mass is 10.3. The topological polar surface area (TPSA) is 66.9 Å². The summed E-state index contributed by atoms with van der Waals surface area (Å²) >= 11 is 6.02. The van der Waals surface area contributed by atoms with Crippen molar-refractivity contribution >= 4 is 29.0 Å². The van der Waals surface area contributed by atoms with Crippen LogP contribution in [0.3, 0.4) is 0 Å². The third kappa shape index (κ3) is 3.68. The molecule has 0 aromatic carbocycles. The van der Waals surface area contributed by atoms with Crippen LogP contribution in [0, 0.1) is 0 Å². The van der Waals surface area contributed by atoms with Gasteiger partial charge in [0.2, 0.25) is 0 Å². The van der Waals surface area contributed by atoms with E-state index < -0.39 is 0 Å². The number of amides is 1. The van der Waals surface area contributed by atoms with E-state index in [9.17, 15) is 4.79 Å². The molecule has 0 unspecified atom stereocenters. The molecule has 0 spiro atoms. The number of anilines is 2. The largest absolute Gasteiger partial charge is 0.370 e. The smallest absolute Gasteiger partial charge is 0.275 e. The number of halogens is 1. The Hall–Kier alpha value is -2.14. The van der Waals surface area contributed by atoms with Crippen molar-refractivity contribution < 1.29 is 4.79 Å². The monoisotopic (exact) mass is 290 g/mol. The van der Waals surface area contributed by atoms with Gasteiger partial charge in [-0.2, -0.15) is 0 Å². The Balaban J connectivity index is 2.16. The summed E-state index contributed by atoms with van der Waals surface area (Å²) in [7, 11) is 0. The Morgan fingerprint density at radius 1 is 1.35 bits per heavy atom. The maximum atomic E-state index is 12.1. The van der Waals surface area contributed by atoms with Crippen molar-refractivity contribution in [1.29, 1.82) is 0 Å². The number of hydrogen-bond donors (Lipinski definition) is 2. The van der Waals surface area contributed by atoms with Gasteiger partial charge in [0.05, 0.1) is 16.9 Å². The molecule has 2 N–H and O–H groups in total. The summed E-state index contributed by atoms with van der Waals surface area (Å²) in [6.45, 7) is 2.84. The average Bonchev–Trinajstić information content (AvgIpc) is 2.47. The molecule has 0 fully saturated rings. The van der Waals surface area contributed by atoms with Gasteiger partial charge in [-0.3, -0.25) is 9.78 Å². The first-order valence-electron chi connectivity index (χ1n) is 6.32. The van der Waals surface area contributed by atoms with Crippen molar-refractivity contribution in [2.75, 3.05) is 17.2 Å². The lowest BCUT2D eigenvalue weighted by Gasteiger charge is -2.08. The Kier molecular flexibility index (Phi) is 4.90. The molecule has 0 aliphatic heterocycles. The first-order valence-corrected chi connectivity index (χ1v) is 6.70. The average molecular weight is 291 g/mol. The molecule has 0 bridgehead atoms. The molecule has 20 heavy (non-hydrogen) atoms.